The van der Waals surface area contributed by atoms with Crippen LogP contribution in [0.3, 0.4) is 0 Å². The number of aromatic nitrogens is 2. The summed E-state index contributed by atoms with van der Waals surface area (Å²) in [6, 6.07) is 19.7. The Bertz CT molecular complexity index is 1560. The van der Waals surface area contributed by atoms with Crippen molar-refractivity contribution < 1.29 is 22.4 Å². The lowest BCUT2D eigenvalue weighted by Gasteiger charge is -2.12. The highest BCUT2D eigenvalue weighted by Gasteiger charge is 2.31. The molecule has 0 radical (unpaired) electrons. The summed E-state index contributed by atoms with van der Waals surface area (Å²) < 4.78 is 52.8. The van der Waals surface area contributed by atoms with Gasteiger partial charge in [-0.1, -0.05) is 42.5 Å². The van der Waals surface area contributed by atoms with Crippen molar-refractivity contribution in [2.24, 2.45) is 0 Å². The minimum absolute atomic E-state index is 0.374. The SMILES string of the molecule is O=C(Nc1cccc(-c2c[nH]c3ncc(-c4ccccc4)cc23)c1)Nc1cc(C(F)(F)F)ccc1F. The Balaban J connectivity index is 1.39. The number of urea groups is 1. The zero-order valence-electron chi connectivity index (χ0n) is 18.5. The van der Waals surface area contributed by atoms with Crippen LogP contribution in [-0.2, 0) is 6.18 Å². The number of rotatable bonds is 4. The van der Waals surface area contributed by atoms with Crippen LogP contribution in [0, 0.1) is 5.82 Å². The number of pyridine rings is 1. The predicted octanol–water partition coefficient (Wildman–Crippen LogP) is 7.70. The molecule has 0 saturated carbocycles. The molecule has 180 valence electrons. The number of nitrogens with zero attached hydrogens (tertiary/aromatic N) is 1. The molecule has 0 fully saturated rings. The van der Waals surface area contributed by atoms with Crippen molar-refractivity contribution in [1.82, 2.24) is 9.97 Å². The number of halogens is 4. The molecule has 0 bridgehead atoms. The van der Waals surface area contributed by atoms with Gasteiger partial charge in [0, 0.05) is 34.6 Å². The Morgan fingerprint density at radius 3 is 2.39 bits per heavy atom. The van der Waals surface area contributed by atoms with Gasteiger partial charge in [0.2, 0.25) is 0 Å². The molecule has 0 aliphatic heterocycles. The van der Waals surface area contributed by atoms with Gasteiger partial charge >= 0.3 is 12.2 Å². The third-order valence-electron chi connectivity index (χ3n) is 5.61. The Morgan fingerprint density at radius 1 is 0.833 bits per heavy atom. The molecule has 3 N–H and O–H groups in total. The summed E-state index contributed by atoms with van der Waals surface area (Å²) in [7, 11) is 0. The number of carbonyl (C=O) groups is 1. The van der Waals surface area contributed by atoms with Gasteiger partial charge in [0.15, 0.2) is 0 Å². The van der Waals surface area contributed by atoms with Crippen molar-refractivity contribution in [3.63, 3.8) is 0 Å². The Labute approximate surface area is 202 Å². The molecule has 2 aromatic heterocycles. The Hall–Kier alpha value is -4.66. The molecule has 5 nitrogen and oxygen atoms in total. The molecule has 0 spiro atoms. The summed E-state index contributed by atoms with van der Waals surface area (Å²) in [5.41, 5.74) is 3.02. The van der Waals surface area contributed by atoms with Crippen LogP contribution in [0.2, 0.25) is 0 Å². The van der Waals surface area contributed by atoms with Gasteiger partial charge in [-0.25, -0.2) is 14.2 Å². The smallest absolute Gasteiger partial charge is 0.346 e. The molecule has 0 aliphatic rings. The van der Waals surface area contributed by atoms with Gasteiger partial charge in [-0.2, -0.15) is 13.2 Å². The average molecular weight is 490 g/mol. The van der Waals surface area contributed by atoms with E-state index in [1.54, 1.807) is 24.4 Å². The summed E-state index contributed by atoms with van der Waals surface area (Å²) in [4.78, 5) is 20.1. The van der Waals surface area contributed by atoms with E-state index in [2.05, 4.69) is 20.6 Å². The number of nitrogens with one attached hydrogen (secondary N) is 3. The van der Waals surface area contributed by atoms with Crippen LogP contribution in [0.15, 0.2) is 91.3 Å². The summed E-state index contributed by atoms with van der Waals surface area (Å²) in [6.07, 6.45) is -1.07. The highest BCUT2D eigenvalue weighted by Crippen LogP contribution is 2.33. The number of amides is 2. The van der Waals surface area contributed by atoms with E-state index in [0.717, 1.165) is 27.6 Å². The second kappa shape index (κ2) is 9.18. The fourth-order valence-electron chi connectivity index (χ4n) is 3.88. The lowest BCUT2D eigenvalue weighted by molar-refractivity contribution is -0.137. The van der Waals surface area contributed by atoms with Gasteiger partial charge in [0.25, 0.3) is 0 Å². The van der Waals surface area contributed by atoms with Crippen LogP contribution in [0.5, 0.6) is 0 Å². The largest absolute Gasteiger partial charge is 0.416 e. The number of carbonyl (C=O) groups excluding carboxylic acids is 1. The minimum atomic E-state index is -4.66. The lowest BCUT2D eigenvalue weighted by Crippen LogP contribution is -2.20. The van der Waals surface area contributed by atoms with Gasteiger partial charge in [0.05, 0.1) is 11.3 Å². The van der Waals surface area contributed by atoms with Crippen molar-refractivity contribution in [2.45, 2.75) is 6.18 Å². The molecular formula is C27H18F4N4O. The van der Waals surface area contributed by atoms with Crippen molar-refractivity contribution in [3.8, 4) is 22.3 Å². The van der Waals surface area contributed by atoms with E-state index in [1.807, 2.05) is 48.7 Å². The van der Waals surface area contributed by atoms with Crippen molar-refractivity contribution in [2.75, 3.05) is 10.6 Å². The molecule has 0 atom stereocenters. The van der Waals surface area contributed by atoms with E-state index >= 15 is 0 Å². The van der Waals surface area contributed by atoms with Crippen molar-refractivity contribution in [1.29, 1.82) is 0 Å². The maximum absolute atomic E-state index is 14.0. The summed E-state index contributed by atoms with van der Waals surface area (Å²) in [6.45, 7) is 0. The van der Waals surface area contributed by atoms with Gasteiger partial charge in [0.1, 0.15) is 11.5 Å². The lowest BCUT2D eigenvalue weighted by atomic mass is 10.0. The molecule has 2 heterocycles. The van der Waals surface area contributed by atoms with E-state index in [9.17, 15) is 22.4 Å². The number of aromatic amines is 1. The highest BCUT2D eigenvalue weighted by atomic mass is 19.4. The normalized spacial score (nSPS) is 11.4. The average Bonchev–Trinajstić information content (AvgIpc) is 3.29. The number of alkyl halides is 3. The third-order valence-corrected chi connectivity index (χ3v) is 5.61. The molecule has 0 aliphatic carbocycles. The van der Waals surface area contributed by atoms with Crippen LogP contribution in [0.4, 0.5) is 33.7 Å². The Kier molecular flexibility index (Phi) is 5.89. The van der Waals surface area contributed by atoms with Crippen molar-refractivity contribution in [3.05, 3.63) is 103 Å². The first-order valence-corrected chi connectivity index (χ1v) is 10.9. The van der Waals surface area contributed by atoms with Crippen molar-refractivity contribution >= 4 is 28.4 Å². The number of fused-ring (bicyclic) bond motifs is 1. The first-order valence-electron chi connectivity index (χ1n) is 10.9. The first-order chi connectivity index (χ1) is 17.3. The first kappa shape index (κ1) is 23.1. The molecular weight excluding hydrogens is 472 g/mol. The quantitative estimate of drug-likeness (QED) is 0.226. The standard InChI is InChI=1S/C27H18F4N4O/c28-23-10-9-19(27(29,30)31)13-24(23)35-26(36)34-20-8-4-7-17(11-20)22-15-33-25-21(22)12-18(14-32-25)16-5-2-1-3-6-16/h1-15H,(H,32,33)(H2,34,35,36). The molecule has 36 heavy (non-hydrogen) atoms. The van der Waals surface area contributed by atoms with E-state index in [-0.39, 0.29) is 0 Å². The van der Waals surface area contributed by atoms with Crippen LogP contribution in [0.1, 0.15) is 5.56 Å². The molecule has 5 aromatic rings. The second-order valence-corrected chi connectivity index (χ2v) is 8.04. The van der Waals surface area contributed by atoms with Gasteiger partial charge in [-0.05, 0) is 47.5 Å². The van der Waals surface area contributed by atoms with Gasteiger partial charge in [-0.3, -0.25) is 0 Å². The molecule has 3 aromatic carbocycles. The number of benzene rings is 3. The topological polar surface area (TPSA) is 69.8 Å². The van der Waals surface area contributed by atoms with Crippen LogP contribution in [-0.4, -0.2) is 16.0 Å². The molecule has 2 amide bonds. The summed E-state index contributed by atoms with van der Waals surface area (Å²) in [5.74, 6) is -0.979. The van der Waals surface area contributed by atoms with Gasteiger partial charge < -0.3 is 15.6 Å². The number of H-pyrrole nitrogens is 1. The highest BCUT2D eigenvalue weighted by molar-refractivity contribution is 6.01. The molecule has 0 saturated heterocycles. The van der Waals surface area contributed by atoms with Crippen LogP contribution in [0.25, 0.3) is 33.3 Å². The number of hydrogen-bond donors (Lipinski definition) is 3. The monoisotopic (exact) mass is 490 g/mol. The zero-order chi connectivity index (χ0) is 25.3. The van der Waals surface area contributed by atoms with E-state index in [0.29, 0.717) is 29.5 Å². The fourth-order valence-corrected chi connectivity index (χ4v) is 3.88. The number of anilines is 2. The Morgan fingerprint density at radius 2 is 1.61 bits per heavy atom. The van der Waals surface area contributed by atoms with E-state index in [4.69, 9.17) is 0 Å². The fraction of sp³-hybridized carbons (Fsp3) is 0.0370. The van der Waals surface area contributed by atoms with Crippen LogP contribution >= 0.6 is 0 Å². The maximum atomic E-state index is 14.0. The summed E-state index contributed by atoms with van der Waals surface area (Å²) >= 11 is 0. The maximum Gasteiger partial charge on any atom is 0.416 e. The predicted molar refractivity (Wildman–Crippen MR) is 131 cm³/mol. The molecule has 9 heteroatoms. The number of hydrogen-bond acceptors (Lipinski definition) is 2. The summed E-state index contributed by atoms with van der Waals surface area (Å²) in [5, 5.41) is 5.56. The second-order valence-electron chi connectivity index (χ2n) is 8.04. The molecule has 0 unspecified atom stereocenters. The van der Waals surface area contributed by atoms with Gasteiger partial charge in [-0.15, -0.1) is 0 Å². The van der Waals surface area contributed by atoms with E-state index < -0.39 is 29.3 Å². The molecule has 5 rings (SSSR count). The van der Waals surface area contributed by atoms with E-state index in [1.165, 1.54) is 0 Å². The zero-order valence-corrected chi connectivity index (χ0v) is 18.5. The van der Waals surface area contributed by atoms with Crippen LogP contribution < -0.4 is 10.6 Å². The third kappa shape index (κ3) is 4.76. The minimum Gasteiger partial charge on any atom is -0.346 e.